The molecule has 1 fully saturated rings. The van der Waals surface area contributed by atoms with Crippen molar-refractivity contribution in [1.29, 1.82) is 0 Å². The van der Waals surface area contributed by atoms with Gasteiger partial charge in [0.2, 0.25) is 0 Å². The van der Waals surface area contributed by atoms with Gasteiger partial charge >= 0.3 is 0 Å². The van der Waals surface area contributed by atoms with Gasteiger partial charge in [0, 0.05) is 12.1 Å². The van der Waals surface area contributed by atoms with Crippen LogP contribution >= 0.6 is 0 Å². The molecule has 0 saturated carbocycles. The number of likely N-dealkylation sites (tertiary alicyclic amines) is 1. The lowest BCUT2D eigenvalue weighted by atomic mass is 9.84. The number of nitrogens with zero attached hydrogens (tertiary/aromatic N) is 1. The maximum Gasteiger partial charge on any atom is 0.0331 e. The highest BCUT2D eigenvalue weighted by Crippen LogP contribution is 2.35. The lowest BCUT2D eigenvalue weighted by Crippen LogP contribution is -2.54. The molecule has 0 aliphatic carbocycles. The Bertz CT molecular complexity index is 229. The highest BCUT2D eigenvalue weighted by molar-refractivity contribution is 4.93. The molecular weight excluding hydrogens is 220 g/mol. The predicted molar refractivity (Wildman–Crippen MR) is 80.8 cm³/mol. The molecule has 1 heterocycles. The van der Waals surface area contributed by atoms with Crippen molar-refractivity contribution in [1.82, 2.24) is 4.90 Å². The zero-order valence-electron chi connectivity index (χ0n) is 13.1. The Hall–Kier alpha value is -0.0800. The van der Waals surface area contributed by atoms with Crippen molar-refractivity contribution in [3.63, 3.8) is 0 Å². The van der Waals surface area contributed by atoms with E-state index in [9.17, 15) is 0 Å². The van der Waals surface area contributed by atoms with Crippen molar-refractivity contribution in [3.8, 4) is 0 Å². The normalized spacial score (nSPS) is 21.8. The summed E-state index contributed by atoms with van der Waals surface area (Å²) in [7, 11) is 0. The van der Waals surface area contributed by atoms with E-state index in [1.165, 1.54) is 58.0 Å². The molecule has 1 aliphatic heterocycles. The van der Waals surface area contributed by atoms with Gasteiger partial charge in [0.15, 0.2) is 0 Å². The first-order valence-electron chi connectivity index (χ1n) is 7.95. The van der Waals surface area contributed by atoms with Gasteiger partial charge in [-0.25, -0.2) is 0 Å². The summed E-state index contributed by atoms with van der Waals surface area (Å²) in [4.78, 5) is 2.73. The van der Waals surface area contributed by atoms with E-state index in [0.717, 1.165) is 6.54 Å². The molecular formula is C16H34N2. The monoisotopic (exact) mass is 254 g/mol. The Morgan fingerprint density at radius 1 is 1.06 bits per heavy atom. The lowest BCUT2D eigenvalue weighted by Gasteiger charge is -2.43. The van der Waals surface area contributed by atoms with E-state index < -0.39 is 0 Å². The van der Waals surface area contributed by atoms with Gasteiger partial charge in [-0.3, -0.25) is 4.90 Å². The summed E-state index contributed by atoms with van der Waals surface area (Å²) in [5, 5.41) is 0. The van der Waals surface area contributed by atoms with Gasteiger partial charge in [-0.05, 0) is 50.6 Å². The SMILES string of the molecule is CCCC(CN)(CCC)N1CCCC(C)(C)CC1. The highest BCUT2D eigenvalue weighted by atomic mass is 15.2. The Balaban J connectivity index is 2.78. The Morgan fingerprint density at radius 3 is 2.17 bits per heavy atom. The van der Waals surface area contributed by atoms with Crippen molar-refractivity contribution in [2.45, 2.75) is 78.2 Å². The molecule has 1 rings (SSSR count). The van der Waals surface area contributed by atoms with Gasteiger partial charge in [0.1, 0.15) is 0 Å². The van der Waals surface area contributed by atoms with Crippen molar-refractivity contribution >= 4 is 0 Å². The van der Waals surface area contributed by atoms with Crippen molar-refractivity contribution in [3.05, 3.63) is 0 Å². The third kappa shape index (κ3) is 3.96. The van der Waals surface area contributed by atoms with Crippen LogP contribution in [0.1, 0.15) is 72.6 Å². The van der Waals surface area contributed by atoms with Crippen LogP contribution in [0.4, 0.5) is 0 Å². The molecule has 2 N–H and O–H groups in total. The van der Waals surface area contributed by atoms with E-state index >= 15 is 0 Å². The van der Waals surface area contributed by atoms with Gasteiger partial charge < -0.3 is 5.73 Å². The summed E-state index contributed by atoms with van der Waals surface area (Å²) < 4.78 is 0. The Morgan fingerprint density at radius 2 is 1.67 bits per heavy atom. The van der Waals surface area contributed by atoms with Gasteiger partial charge in [0.05, 0.1) is 0 Å². The summed E-state index contributed by atoms with van der Waals surface area (Å²) in [5.74, 6) is 0. The van der Waals surface area contributed by atoms with Crippen LogP contribution < -0.4 is 5.73 Å². The maximum absolute atomic E-state index is 6.19. The molecule has 0 atom stereocenters. The largest absolute Gasteiger partial charge is 0.329 e. The van der Waals surface area contributed by atoms with E-state index in [4.69, 9.17) is 5.73 Å². The molecule has 1 saturated heterocycles. The number of rotatable bonds is 6. The first-order valence-corrected chi connectivity index (χ1v) is 7.95. The number of hydrogen-bond donors (Lipinski definition) is 1. The average molecular weight is 254 g/mol. The summed E-state index contributed by atoms with van der Waals surface area (Å²) in [6.45, 7) is 12.7. The lowest BCUT2D eigenvalue weighted by molar-refractivity contribution is 0.0749. The maximum atomic E-state index is 6.19. The van der Waals surface area contributed by atoms with Crippen molar-refractivity contribution < 1.29 is 0 Å². The third-order valence-electron chi connectivity index (χ3n) is 4.82. The molecule has 0 aromatic rings. The molecule has 0 radical (unpaired) electrons. The minimum Gasteiger partial charge on any atom is -0.329 e. The fraction of sp³-hybridized carbons (Fsp3) is 1.00. The number of nitrogens with two attached hydrogens (primary N) is 1. The second-order valence-corrected chi connectivity index (χ2v) is 6.93. The standard InChI is InChI=1S/C16H34N2/c1-5-8-16(14-17,9-6-2)18-12-7-10-15(3,4)11-13-18/h5-14,17H2,1-4H3. The van der Waals surface area contributed by atoms with Gasteiger partial charge in [0.25, 0.3) is 0 Å². The summed E-state index contributed by atoms with van der Waals surface area (Å²) in [6.07, 6.45) is 9.04. The van der Waals surface area contributed by atoms with Crippen molar-refractivity contribution in [2.24, 2.45) is 11.1 Å². The highest BCUT2D eigenvalue weighted by Gasteiger charge is 2.36. The van der Waals surface area contributed by atoms with Crippen LogP contribution in [0.2, 0.25) is 0 Å². The molecule has 18 heavy (non-hydrogen) atoms. The molecule has 2 heteroatoms. The second-order valence-electron chi connectivity index (χ2n) is 6.93. The van der Waals surface area contributed by atoms with E-state index in [1.54, 1.807) is 0 Å². The molecule has 0 unspecified atom stereocenters. The van der Waals surface area contributed by atoms with Crippen LogP contribution in [0.15, 0.2) is 0 Å². The minimum absolute atomic E-state index is 0.282. The minimum atomic E-state index is 0.282. The van der Waals surface area contributed by atoms with Crippen LogP contribution in [0.3, 0.4) is 0 Å². The number of hydrogen-bond acceptors (Lipinski definition) is 2. The van der Waals surface area contributed by atoms with Crippen LogP contribution in [-0.2, 0) is 0 Å². The summed E-state index contributed by atoms with van der Waals surface area (Å²) >= 11 is 0. The zero-order chi connectivity index (χ0) is 13.6. The third-order valence-corrected chi connectivity index (χ3v) is 4.82. The second kappa shape index (κ2) is 6.91. The molecule has 108 valence electrons. The molecule has 0 aromatic heterocycles. The molecule has 0 bridgehead atoms. The van der Waals surface area contributed by atoms with Gasteiger partial charge in [-0.2, -0.15) is 0 Å². The van der Waals surface area contributed by atoms with E-state index in [1.807, 2.05) is 0 Å². The first kappa shape index (κ1) is 16.0. The molecule has 0 aromatic carbocycles. The molecule has 2 nitrogen and oxygen atoms in total. The van der Waals surface area contributed by atoms with E-state index in [2.05, 4.69) is 32.6 Å². The molecule has 0 spiro atoms. The summed E-state index contributed by atoms with van der Waals surface area (Å²) in [6, 6.07) is 0. The van der Waals surface area contributed by atoms with Crippen molar-refractivity contribution in [2.75, 3.05) is 19.6 Å². The summed E-state index contributed by atoms with van der Waals surface area (Å²) in [5.41, 5.74) is 6.99. The predicted octanol–water partition coefficient (Wildman–Crippen LogP) is 3.80. The van der Waals surface area contributed by atoms with Crippen LogP contribution in [0.25, 0.3) is 0 Å². The fourth-order valence-corrected chi connectivity index (χ4v) is 3.60. The molecule has 1 aliphatic rings. The van der Waals surface area contributed by atoms with Crippen LogP contribution in [0, 0.1) is 5.41 Å². The fourth-order valence-electron chi connectivity index (χ4n) is 3.60. The quantitative estimate of drug-likeness (QED) is 0.781. The first-order chi connectivity index (χ1) is 8.49. The topological polar surface area (TPSA) is 29.3 Å². The van der Waals surface area contributed by atoms with Gasteiger partial charge in [-0.15, -0.1) is 0 Å². The van der Waals surface area contributed by atoms with Gasteiger partial charge in [-0.1, -0.05) is 40.5 Å². The Labute approximate surface area is 114 Å². The Kier molecular flexibility index (Phi) is 6.13. The van der Waals surface area contributed by atoms with Crippen LogP contribution in [-0.4, -0.2) is 30.1 Å². The zero-order valence-corrected chi connectivity index (χ0v) is 13.1. The van der Waals surface area contributed by atoms with E-state index in [-0.39, 0.29) is 5.54 Å². The molecule has 0 amide bonds. The average Bonchev–Trinajstić information content (AvgIpc) is 2.50. The van der Waals surface area contributed by atoms with Crippen LogP contribution in [0.5, 0.6) is 0 Å². The smallest absolute Gasteiger partial charge is 0.0331 e. The van der Waals surface area contributed by atoms with E-state index in [0.29, 0.717) is 5.41 Å².